The summed E-state index contributed by atoms with van der Waals surface area (Å²) in [5.41, 5.74) is 5.21. The highest BCUT2D eigenvalue weighted by Gasteiger charge is 2.26. The van der Waals surface area contributed by atoms with Crippen LogP contribution in [0, 0.1) is 5.92 Å². The lowest BCUT2D eigenvalue weighted by Gasteiger charge is -2.28. The van der Waals surface area contributed by atoms with Crippen LogP contribution >= 0.6 is 15.9 Å². The predicted molar refractivity (Wildman–Crippen MR) is 149 cm³/mol. The van der Waals surface area contributed by atoms with E-state index >= 15 is 0 Å². The minimum atomic E-state index is -1.09. The summed E-state index contributed by atoms with van der Waals surface area (Å²) in [6.45, 7) is 2.56. The molecule has 4 rings (SSSR count). The number of nitrogens with zero attached hydrogens (tertiary/aromatic N) is 1. The van der Waals surface area contributed by atoms with Gasteiger partial charge >= 0.3 is 5.97 Å². The van der Waals surface area contributed by atoms with Gasteiger partial charge in [-0.15, -0.1) is 0 Å². The van der Waals surface area contributed by atoms with Gasteiger partial charge in [0.2, 0.25) is 0 Å². The number of aliphatic hydroxyl groups excluding tert-OH is 1. The van der Waals surface area contributed by atoms with Gasteiger partial charge in [0.1, 0.15) is 30.8 Å². The van der Waals surface area contributed by atoms with E-state index in [1.165, 1.54) is 0 Å². The maximum Gasteiger partial charge on any atom is 0.323 e. The van der Waals surface area contributed by atoms with Crippen molar-refractivity contribution in [3.63, 3.8) is 0 Å². The Morgan fingerprint density at radius 3 is 2.63 bits per heavy atom. The van der Waals surface area contributed by atoms with Crippen molar-refractivity contribution in [1.29, 1.82) is 0 Å². The van der Waals surface area contributed by atoms with Crippen molar-refractivity contribution in [2.45, 2.75) is 32.6 Å². The SMILES string of the molecule is CC1=C(OCc2cccc(-c3ccccc3)c2Br)C=C(OCc2cccnc2)C(CN[C@@H](CO)C(=O)O)C1. The first-order valence-electron chi connectivity index (χ1n) is 12.4. The molecule has 2 aromatic carbocycles. The van der Waals surface area contributed by atoms with Gasteiger partial charge in [0.05, 0.1) is 6.61 Å². The Kier molecular flexibility index (Phi) is 9.70. The molecule has 1 unspecified atom stereocenters. The predicted octanol–water partition coefficient (Wildman–Crippen LogP) is 5.46. The molecule has 3 aromatic rings. The van der Waals surface area contributed by atoms with Crippen molar-refractivity contribution in [3.05, 3.63) is 112 Å². The molecule has 3 N–H and O–H groups in total. The lowest BCUT2D eigenvalue weighted by molar-refractivity contribution is -0.140. The molecule has 0 saturated heterocycles. The van der Waals surface area contributed by atoms with E-state index in [1.807, 2.05) is 55.5 Å². The van der Waals surface area contributed by atoms with E-state index in [0.717, 1.165) is 38.1 Å². The Balaban J connectivity index is 1.51. The molecule has 8 heteroatoms. The number of carboxylic acid groups (broad SMARTS) is 1. The van der Waals surface area contributed by atoms with Gasteiger partial charge in [0, 0.05) is 46.5 Å². The molecule has 0 saturated carbocycles. The quantitative estimate of drug-likeness (QED) is 0.262. The number of rotatable bonds is 12. The summed E-state index contributed by atoms with van der Waals surface area (Å²) in [7, 11) is 0. The number of hydrogen-bond donors (Lipinski definition) is 3. The summed E-state index contributed by atoms with van der Waals surface area (Å²) in [6, 6.07) is 19.1. The Hall–Kier alpha value is -3.46. The van der Waals surface area contributed by atoms with E-state index in [2.05, 4.69) is 44.4 Å². The number of aliphatic hydroxyl groups is 1. The molecule has 1 aliphatic carbocycles. The number of aliphatic carboxylic acids is 1. The first-order valence-corrected chi connectivity index (χ1v) is 13.2. The highest BCUT2D eigenvalue weighted by atomic mass is 79.9. The lowest BCUT2D eigenvalue weighted by atomic mass is 9.91. The van der Waals surface area contributed by atoms with Crippen LogP contribution in [0.5, 0.6) is 0 Å². The molecule has 0 spiro atoms. The number of carbonyl (C=O) groups is 1. The van der Waals surface area contributed by atoms with Crippen LogP contribution in [-0.2, 0) is 27.5 Å². The fraction of sp³-hybridized carbons (Fsp3) is 0.267. The third-order valence-electron chi connectivity index (χ3n) is 6.42. The zero-order chi connectivity index (χ0) is 26.9. The number of hydrogen-bond acceptors (Lipinski definition) is 6. The van der Waals surface area contributed by atoms with E-state index in [-0.39, 0.29) is 5.92 Å². The Morgan fingerprint density at radius 2 is 1.92 bits per heavy atom. The van der Waals surface area contributed by atoms with Crippen molar-refractivity contribution in [3.8, 4) is 11.1 Å². The monoisotopic (exact) mass is 578 g/mol. The van der Waals surface area contributed by atoms with Crippen LogP contribution in [0.25, 0.3) is 11.1 Å². The van der Waals surface area contributed by atoms with Crippen molar-refractivity contribution in [1.82, 2.24) is 10.3 Å². The standard InChI is InChI=1S/C30H31BrN2O5/c1-20-13-24(16-33-26(17-34)30(35)36)28(37-18-21-7-6-12-32-15-21)14-27(20)38-19-23-10-5-11-25(29(23)31)22-8-3-2-4-9-22/h2-12,14-15,24,26,33-34H,13,16-19H2,1H3,(H,35,36)/t24?,26-/m0/s1. The van der Waals surface area contributed by atoms with Crippen LogP contribution in [0.1, 0.15) is 24.5 Å². The lowest BCUT2D eigenvalue weighted by Crippen LogP contribution is -2.42. The molecule has 1 heterocycles. The maximum absolute atomic E-state index is 11.4. The summed E-state index contributed by atoms with van der Waals surface area (Å²) in [6.07, 6.45) is 5.98. The third-order valence-corrected chi connectivity index (χ3v) is 7.35. The summed E-state index contributed by atoms with van der Waals surface area (Å²) in [4.78, 5) is 15.5. The van der Waals surface area contributed by atoms with Crippen molar-refractivity contribution < 1.29 is 24.5 Å². The van der Waals surface area contributed by atoms with E-state index in [9.17, 15) is 15.0 Å². The summed E-state index contributed by atoms with van der Waals surface area (Å²) in [5.74, 6) is 0.225. The van der Waals surface area contributed by atoms with Gasteiger partial charge in [-0.05, 0) is 52.0 Å². The Bertz CT molecular complexity index is 1290. The number of nitrogens with one attached hydrogen (secondary N) is 1. The molecule has 38 heavy (non-hydrogen) atoms. The highest BCUT2D eigenvalue weighted by Crippen LogP contribution is 2.34. The fourth-order valence-electron chi connectivity index (χ4n) is 4.29. The maximum atomic E-state index is 11.4. The number of pyridine rings is 1. The van der Waals surface area contributed by atoms with Crippen LogP contribution < -0.4 is 5.32 Å². The van der Waals surface area contributed by atoms with Crippen LogP contribution in [0.2, 0.25) is 0 Å². The molecule has 0 amide bonds. The average molecular weight is 579 g/mol. The summed E-state index contributed by atoms with van der Waals surface area (Å²) >= 11 is 3.76. The highest BCUT2D eigenvalue weighted by molar-refractivity contribution is 9.10. The average Bonchev–Trinajstić information content (AvgIpc) is 2.93. The zero-order valence-corrected chi connectivity index (χ0v) is 22.7. The molecule has 1 aliphatic rings. The second kappa shape index (κ2) is 13.4. The first-order chi connectivity index (χ1) is 18.5. The molecular formula is C30H31BrN2O5. The molecule has 7 nitrogen and oxygen atoms in total. The molecule has 0 radical (unpaired) electrons. The van der Waals surface area contributed by atoms with Crippen LogP contribution in [0.15, 0.2) is 101 Å². The third kappa shape index (κ3) is 7.10. The molecule has 198 valence electrons. The largest absolute Gasteiger partial charge is 0.493 e. The second-order valence-corrected chi connectivity index (χ2v) is 9.95. The van der Waals surface area contributed by atoms with Gasteiger partial charge in [-0.1, -0.05) is 54.6 Å². The Labute approximate surface area is 231 Å². The van der Waals surface area contributed by atoms with E-state index in [0.29, 0.717) is 31.9 Å². The van der Waals surface area contributed by atoms with Crippen molar-refractivity contribution >= 4 is 21.9 Å². The number of halogens is 1. The van der Waals surface area contributed by atoms with E-state index in [1.54, 1.807) is 12.4 Å². The van der Waals surface area contributed by atoms with Gasteiger partial charge in [0.15, 0.2) is 0 Å². The minimum Gasteiger partial charge on any atom is -0.493 e. The van der Waals surface area contributed by atoms with Crippen molar-refractivity contribution in [2.75, 3.05) is 13.2 Å². The van der Waals surface area contributed by atoms with Gasteiger partial charge < -0.3 is 25.0 Å². The molecule has 1 aromatic heterocycles. The second-order valence-electron chi connectivity index (χ2n) is 9.16. The van der Waals surface area contributed by atoms with E-state index in [4.69, 9.17) is 9.47 Å². The molecular weight excluding hydrogens is 548 g/mol. The zero-order valence-electron chi connectivity index (χ0n) is 21.1. The normalized spacial score (nSPS) is 16.1. The first kappa shape index (κ1) is 27.6. The summed E-state index contributed by atoms with van der Waals surface area (Å²) < 4.78 is 13.5. The number of aromatic nitrogens is 1. The number of carboxylic acids is 1. The van der Waals surface area contributed by atoms with Gasteiger partial charge in [-0.2, -0.15) is 0 Å². The van der Waals surface area contributed by atoms with Crippen LogP contribution in [0.4, 0.5) is 0 Å². The molecule has 0 aliphatic heterocycles. The topological polar surface area (TPSA) is 101 Å². The minimum absolute atomic E-state index is 0.111. The van der Waals surface area contributed by atoms with Crippen LogP contribution in [0.3, 0.4) is 0 Å². The fourth-order valence-corrected chi connectivity index (χ4v) is 4.90. The van der Waals surface area contributed by atoms with Gasteiger partial charge in [-0.3, -0.25) is 9.78 Å². The van der Waals surface area contributed by atoms with Gasteiger partial charge in [0.25, 0.3) is 0 Å². The van der Waals surface area contributed by atoms with Gasteiger partial charge in [-0.25, -0.2) is 0 Å². The van der Waals surface area contributed by atoms with Crippen molar-refractivity contribution in [2.24, 2.45) is 5.92 Å². The number of ether oxygens (including phenoxy) is 2. The van der Waals surface area contributed by atoms with Crippen LogP contribution in [-0.4, -0.2) is 40.4 Å². The van der Waals surface area contributed by atoms with E-state index < -0.39 is 18.6 Å². The smallest absolute Gasteiger partial charge is 0.323 e. The Morgan fingerprint density at radius 1 is 1.11 bits per heavy atom. The molecule has 0 bridgehead atoms. The number of allylic oxidation sites excluding steroid dienone is 2. The molecule has 0 fully saturated rings. The summed E-state index contributed by atoms with van der Waals surface area (Å²) in [5, 5.41) is 21.6. The molecule has 2 atom stereocenters. The number of benzene rings is 2.